The van der Waals surface area contributed by atoms with Crippen LogP contribution >= 0.6 is 15.9 Å². The normalized spacial score (nSPS) is 22.6. The Kier molecular flexibility index (Phi) is 4.19. The van der Waals surface area contributed by atoms with Crippen LogP contribution in [0.15, 0.2) is 16.7 Å². The Balaban J connectivity index is 2.33. The molecule has 0 aliphatic carbocycles. The van der Waals surface area contributed by atoms with E-state index in [1.807, 2.05) is 13.8 Å². The Hall–Kier alpha value is -1.34. The molecule has 0 saturated carbocycles. The van der Waals surface area contributed by atoms with Gasteiger partial charge in [-0.25, -0.2) is 4.79 Å². The molecule has 2 atom stereocenters. The number of carbonyl (C=O) groups excluding carboxylic acids is 1. The summed E-state index contributed by atoms with van der Waals surface area (Å²) in [6.45, 7) is 3.93. The maximum Gasteiger partial charge on any atom is 0.326 e. The smallest absolute Gasteiger partial charge is 0.326 e. The number of aliphatic carboxylic acids is 1. The summed E-state index contributed by atoms with van der Waals surface area (Å²) in [4.78, 5) is 25.0. The third-order valence-electron chi connectivity index (χ3n) is 3.42. The first-order valence-electron chi connectivity index (χ1n) is 6.40. The Bertz CT molecular complexity index is 540. The van der Waals surface area contributed by atoms with Crippen LogP contribution in [0.25, 0.3) is 0 Å². The second-order valence-electron chi connectivity index (χ2n) is 5.25. The van der Waals surface area contributed by atoms with Gasteiger partial charge in [0.25, 0.3) is 5.91 Å². The number of halogens is 1. The highest BCUT2D eigenvalue weighted by molar-refractivity contribution is 9.10. The number of β-amino-alcohol motifs (C(OH)–C–C–N with tert-alkyl or cyclic N) is 1. The average molecular weight is 345 g/mol. The summed E-state index contributed by atoms with van der Waals surface area (Å²) >= 11 is 3.33. The molecule has 2 unspecified atom stereocenters. The summed E-state index contributed by atoms with van der Waals surface area (Å²) in [6, 6.07) is 0.786. The van der Waals surface area contributed by atoms with Crippen molar-refractivity contribution >= 4 is 27.8 Å². The van der Waals surface area contributed by atoms with E-state index in [1.165, 1.54) is 4.90 Å². The summed E-state index contributed by atoms with van der Waals surface area (Å²) in [5.74, 6) is -1.45. The fourth-order valence-corrected chi connectivity index (χ4v) is 2.90. The van der Waals surface area contributed by atoms with Crippen molar-refractivity contribution in [3.05, 3.63) is 22.4 Å². The third kappa shape index (κ3) is 2.73. The standard InChI is InChI=1S/C13H17BrN2O4/c1-7(2)15-5-8(14)3-10(15)12(18)16-6-9(17)4-11(16)13(19)20/h3,5,7,9,11,17H,4,6H2,1-2H3,(H,19,20). The molecule has 1 aromatic heterocycles. The largest absolute Gasteiger partial charge is 0.480 e. The van der Waals surface area contributed by atoms with Crippen molar-refractivity contribution in [2.75, 3.05) is 6.54 Å². The molecule has 1 fully saturated rings. The van der Waals surface area contributed by atoms with Crippen molar-refractivity contribution in [3.63, 3.8) is 0 Å². The summed E-state index contributed by atoms with van der Waals surface area (Å²) in [6.07, 6.45) is 1.08. The zero-order chi connectivity index (χ0) is 15.0. The van der Waals surface area contributed by atoms with Gasteiger partial charge in [0.05, 0.1) is 6.10 Å². The van der Waals surface area contributed by atoms with Gasteiger partial charge in [-0.1, -0.05) is 0 Å². The molecule has 0 bridgehead atoms. The number of amides is 1. The van der Waals surface area contributed by atoms with Gasteiger partial charge in [0, 0.05) is 29.7 Å². The van der Waals surface area contributed by atoms with E-state index in [1.54, 1.807) is 16.8 Å². The van der Waals surface area contributed by atoms with Crippen LogP contribution in [0.2, 0.25) is 0 Å². The van der Waals surface area contributed by atoms with Gasteiger partial charge in [0.15, 0.2) is 0 Å². The number of likely N-dealkylation sites (tertiary alicyclic amines) is 1. The van der Waals surface area contributed by atoms with Gasteiger partial charge in [0.1, 0.15) is 11.7 Å². The zero-order valence-electron chi connectivity index (χ0n) is 11.3. The molecular formula is C13H17BrN2O4. The summed E-state index contributed by atoms with van der Waals surface area (Å²) in [7, 11) is 0. The van der Waals surface area contributed by atoms with Crippen LogP contribution < -0.4 is 0 Å². The lowest BCUT2D eigenvalue weighted by molar-refractivity contribution is -0.141. The summed E-state index contributed by atoms with van der Waals surface area (Å²) in [5.41, 5.74) is 0.423. The number of aliphatic hydroxyl groups is 1. The molecular weight excluding hydrogens is 328 g/mol. The Morgan fingerprint density at radius 2 is 2.10 bits per heavy atom. The molecule has 0 spiro atoms. The van der Waals surface area contributed by atoms with Crippen molar-refractivity contribution in [1.82, 2.24) is 9.47 Å². The molecule has 1 aromatic rings. The van der Waals surface area contributed by atoms with Gasteiger partial charge < -0.3 is 19.7 Å². The van der Waals surface area contributed by atoms with Crippen molar-refractivity contribution in [3.8, 4) is 0 Å². The predicted octanol–water partition coefficient (Wildman–Crippen LogP) is 1.49. The topological polar surface area (TPSA) is 82.8 Å². The number of aliphatic hydroxyl groups excluding tert-OH is 1. The number of hydrogen-bond donors (Lipinski definition) is 2. The molecule has 2 rings (SSSR count). The number of nitrogens with zero attached hydrogens (tertiary/aromatic N) is 2. The number of carboxylic acid groups (broad SMARTS) is 1. The third-order valence-corrected chi connectivity index (χ3v) is 3.85. The lowest BCUT2D eigenvalue weighted by atomic mass is 10.2. The molecule has 110 valence electrons. The number of carboxylic acids is 1. The quantitative estimate of drug-likeness (QED) is 0.870. The number of hydrogen-bond acceptors (Lipinski definition) is 3. The Morgan fingerprint density at radius 3 is 2.65 bits per heavy atom. The van der Waals surface area contributed by atoms with Crippen LogP contribution in [-0.2, 0) is 4.79 Å². The highest BCUT2D eigenvalue weighted by atomic mass is 79.9. The lowest BCUT2D eigenvalue weighted by Gasteiger charge is -2.22. The number of rotatable bonds is 3. The van der Waals surface area contributed by atoms with Crippen LogP contribution in [0.5, 0.6) is 0 Å². The zero-order valence-corrected chi connectivity index (χ0v) is 12.9. The minimum Gasteiger partial charge on any atom is -0.480 e. The lowest BCUT2D eigenvalue weighted by Crippen LogP contribution is -2.41. The molecule has 2 N–H and O–H groups in total. The summed E-state index contributed by atoms with van der Waals surface area (Å²) in [5, 5.41) is 18.8. The van der Waals surface area contributed by atoms with Crippen molar-refractivity contribution in [1.29, 1.82) is 0 Å². The SMILES string of the molecule is CC(C)n1cc(Br)cc1C(=O)N1CC(O)CC1C(=O)O. The molecule has 7 heteroatoms. The highest BCUT2D eigenvalue weighted by Crippen LogP contribution is 2.25. The van der Waals surface area contributed by atoms with E-state index < -0.39 is 18.1 Å². The van der Waals surface area contributed by atoms with Crippen LogP contribution in [-0.4, -0.2) is 50.2 Å². The second-order valence-corrected chi connectivity index (χ2v) is 6.16. The van der Waals surface area contributed by atoms with E-state index in [-0.39, 0.29) is 24.9 Å². The predicted molar refractivity (Wildman–Crippen MR) is 75.6 cm³/mol. The average Bonchev–Trinajstić information content (AvgIpc) is 2.91. The van der Waals surface area contributed by atoms with Gasteiger partial charge in [-0.05, 0) is 35.8 Å². The van der Waals surface area contributed by atoms with Gasteiger partial charge in [0.2, 0.25) is 0 Å². The number of aromatic nitrogens is 1. The van der Waals surface area contributed by atoms with Crippen molar-refractivity contribution in [2.45, 2.75) is 38.5 Å². The fraction of sp³-hybridized carbons (Fsp3) is 0.538. The second kappa shape index (κ2) is 5.57. The molecule has 20 heavy (non-hydrogen) atoms. The minimum absolute atomic E-state index is 0.0523. The van der Waals surface area contributed by atoms with Crippen molar-refractivity contribution < 1.29 is 19.8 Å². The van der Waals surface area contributed by atoms with E-state index in [0.717, 1.165) is 4.47 Å². The van der Waals surface area contributed by atoms with Crippen LogP contribution in [0.1, 0.15) is 36.8 Å². The maximum atomic E-state index is 12.6. The van der Waals surface area contributed by atoms with Crippen LogP contribution in [0.4, 0.5) is 0 Å². The Labute approximate surface area is 125 Å². The summed E-state index contributed by atoms with van der Waals surface area (Å²) < 4.78 is 2.55. The number of carbonyl (C=O) groups is 2. The molecule has 2 heterocycles. The molecule has 1 aliphatic rings. The molecule has 1 saturated heterocycles. The van der Waals surface area contributed by atoms with E-state index in [0.29, 0.717) is 5.69 Å². The first-order valence-corrected chi connectivity index (χ1v) is 7.19. The van der Waals surface area contributed by atoms with E-state index in [4.69, 9.17) is 5.11 Å². The Morgan fingerprint density at radius 1 is 1.45 bits per heavy atom. The molecule has 1 amide bonds. The molecule has 0 radical (unpaired) electrons. The highest BCUT2D eigenvalue weighted by Gasteiger charge is 2.40. The van der Waals surface area contributed by atoms with E-state index >= 15 is 0 Å². The van der Waals surface area contributed by atoms with Crippen molar-refractivity contribution in [2.24, 2.45) is 0 Å². The minimum atomic E-state index is -1.09. The van der Waals surface area contributed by atoms with E-state index in [9.17, 15) is 14.7 Å². The van der Waals surface area contributed by atoms with E-state index in [2.05, 4.69) is 15.9 Å². The molecule has 6 nitrogen and oxygen atoms in total. The molecule has 0 aromatic carbocycles. The first kappa shape index (κ1) is 15.1. The van der Waals surface area contributed by atoms with Crippen LogP contribution in [0.3, 0.4) is 0 Å². The fourth-order valence-electron chi connectivity index (χ4n) is 2.46. The van der Waals surface area contributed by atoms with Gasteiger partial charge >= 0.3 is 5.97 Å². The van der Waals surface area contributed by atoms with Gasteiger partial charge in [-0.3, -0.25) is 4.79 Å². The first-order chi connectivity index (χ1) is 9.31. The van der Waals surface area contributed by atoms with Crippen LogP contribution in [0, 0.1) is 0 Å². The monoisotopic (exact) mass is 344 g/mol. The van der Waals surface area contributed by atoms with Gasteiger partial charge in [-0.2, -0.15) is 0 Å². The maximum absolute atomic E-state index is 12.6. The molecule has 1 aliphatic heterocycles. The van der Waals surface area contributed by atoms with Gasteiger partial charge in [-0.15, -0.1) is 0 Å².